The predicted octanol–water partition coefficient (Wildman–Crippen LogP) is 4.18. The lowest BCUT2D eigenvalue weighted by Gasteiger charge is -2.16. The Hall–Kier alpha value is -4.32. The van der Waals surface area contributed by atoms with E-state index in [2.05, 4.69) is 26.7 Å². The molecule has 1 amide bonds. The zero-order valence-electron chi connectivity index (χ0n) is 16.3. The molecule has 3 aromatic rings. The average molecular weight is 402 g/mol. The SMILES string of the molecule is CC(C)(C#N)c1cccc(C(=O)Nc2cccc(Nc3ncc([N+](=O)[O-])cn3)c2)c1. The van der Waals surface area contributed by atoms with Crippen LogP contribution in [0.1, 0.15) is 29.8 Å². The van der Waals surface area contributed by atoms with E-state index in [9.17, 15) is 20.2 Å². The molecule has 1 aromatic heterocycles. The van der Waals surface area contributed by atoms with Gasteiger partial charge in [0.05, 0.1) is 16.4 Å². The van der Waals surface area contributed by atoms with Gasteiger partial charge in [-0.05, 0) is 49.7 Å². The summed E-state index contributed by atoms with van der Waals surface area (Å²) in [5, 5.41) is 25.7. The summed E-state index contributed by atoms with van der Waals surface area (Å²) in [5.41, 5.74) is 1.42. The predicted molar refractivity (Wildman–Crippen MR) is 111 cm³/mol. The van der Waals surface area contributed by atoms with E-state index in [4.69, 9.17) is 0 Å². The standard InChI is InChI=1S/C21H18N6O3/c1-21(2,13-22)15-6-3-5-14(9-15)19(28)25-16-7-4-8-17(10-16)26-20-23-11-18(12-24-20)27(29)30/h3-12H,1-2H3,(H,25,28)(H,23,24,26). The van der Waals surface area contributed by atoms with Gasteiger partial charge in [0.2, 0.25) is 5.95 Å². The minimum absolute atomic E-state index is 0.190. The summed E-state index contributed by atoms with van der Waals surface area (Å²) in [7, 11) is 0. The molecule has 0 aliphatic carbocycles. The van der Waals surface area contributed by atoms with Crippen LogP contribution in [-0.2, 0) is 5.41 Å². The number of hydrogen-bond donors (Lipinski definition) is 2. The van der Waals surface area contributed by atoms with Crippen LogP contribution >= 0.6 is 0 Å². The number of anilines is 3. The fraction of sp³-hybridized carbons (Fsp3) is 0.143. The van der Waals surface area contributed by atoms with Crippen molar-refractivity contribution < 1.29 is 9.72 Å². The summed E-state index contributed by atoms with van der Waals surface area (Å²) >= 11 is 0. The number of nitrogens with zero attached hydrogens (tertiary/aromatic N) is 4. The highest BCUT2D eigenvalue weighted by atomic mass is 16.6. The molecule has 2 N–H and O–H groups in total. The van der Waals surface area contributed by atoms with Gasteiger partial charge in [-0.3, -0.25) is 14.9 Å². The third-order valence-corrected chi connectivity index (χ3v) is 4.35. The summed E-state index contributed by atoms with van der Waals surface area (Å²) in [4.78, 5) is 30.5. The van der Waals surface area contributed by atoms with E-state index in [-0.39, 0.29) is 17.5 Å². The lowest BCUT2D eigenvalue weighted by Crippen LogP contribution is -2.17. The van der Waals surface area contributed by atoms with Crippen molar-refractivity contribution in [3.05, 3.63) is 82.2 Å². The maximum absolute atomic E-state index is 12.6. The monoisotopic (exact) mass is 402 g/mol. The molecule has 0 spiro atoms. The second kappa shape index (κ2) is 8.36. The Bertz CT molecular complexity index is 1140. The van der Waals surface area contributed by atoms with E-state index in [0.29, 0.717) is 16.9 Å². The third-order valence-electron chi connectivity index (χ3n) is 4.35. The first-order chi connectivity index (χ1) is 14.3. The second-order valence-electron chi connectivity index (χ2n) is 7.00. The molecule has 0 saturated carbocycles. The molecular weight excluding hydrogens is 384 g/mol. The van der Waals surface area contributed by atoms with Gasteiger partial charge >= 0.3 is 5.69 Å². The number of aromatic nitrogens is 2. The molecule has 30 heavy (non-hydrogen) atoms. The van der Waals surface area contributed by atoms with E-state index in [1.165, 1.54) is 0 Å². The Morgan fingerprint density at radius 2 is 1.77 bits per heavy atom. The minimum atomic E-state index is -0.703. The van der Waals surface area contributed by atoms with Crippen molar-refractivity contribution in [2.75, 3.05) is 10.6 Å². The largest absolute Gasteiger partial charge is 0.324 e. The van der Waals surface area contributed by atoms with Crippen molar-refractivity contribution in [2.45, 2.75) is 19.3 Å². The third kappa shape index (κ3) is 4.74. The molecule has 9 heteroatoms. The van der Waals surface area contributed by atoms with E-state index in [1.54, 1.807) is 56.3 Å². The minimum Gasteiger partial charge on any atom is -0.324 e. The van der Waals surface area contributed by atoms with Crippen molar-refractivity contribution in [1.29, 1.82) is 5.26 Å². The molecule has 0 saturated heterocycles. The molecule has 2 aromatic carbocycles. The van der Waals surface area contributed by atoms with Gasteiger partial charge in [0.15, 0.2) is 0 Å². The lowest BCUT2D eigenvalue weighted by atomic mass is 9.85. The molecule has 0 radical (unpaired) electrons. The number of nitro groups is 1. The van der Waals surface area contributed by atoms with Gasteiger partial charge in [-0.1, -0.05) is 18.2 Å². The Morgan fingerprint density at radius 3 is 2.43 bits per heavy atom. The zero-order chi connectivity index (χ0) is 21.7. The molecule has 1 heterocycles. The van der Waals surface area contributed by atoms with E-state index < -0.39 is 10.3 Å². The van der Waals surface area contributed by atoms with Crippen molar-refractivity contribution in [3.8, 4) is 6.07 Å². The Balaban J connectivity index is 1.74. The molecule has 0 fully saturated rings. The summed E-state index contributed by atoms with van der Waals surface area (Å²) < 4.78 is 0. The maximum atomic E-state index is 12.6. The van der Waals surface area contributed by atoms with Crippen LogP contribution in [0.15, 0.2) is 60.9 Å². The average Bonchev–Trinajstić information content (AvgIpc) is 2.74. The number of rotatable bonds is 6. The van der Waals surface area contributed by atoms with Crippen molar-refractivity contribution >= 4 is 28.9 Å². The molecule has 0 bridgehead atoms. The first-order valence-corrected chi connectivity index (χ1v) is 8.95. The van der Waals surface area contributed by atoms with Gasteiger partial charge in [0.25, 0.3) is 5.91 Å². The molecule has 3 rings (SSSR count). The van der Waals surface area contributed by atoms with Gasteiger partial charge in [0.1, 0.15) is 12.4 Å². The number of nitriles is 1. The van der Waals surface area contributed by atoms with Crippen molar-refractivity contribution in [2.24, 2.45) is 0 Å². The van der Waals surface area contributed by atoms with Crippen LogP contribution in [0, 0.1) is 21.4 Å². The Morgan fingerprint density at radius 1 is 1.10 bits per heavy atom. The molecule has 150 valence electrons. The maximum Gasteiger partial charge on any atom is 0.305 e. The van der Waals surface area contributed by atoms with Crippen LogP contribution in [0.5, 0.6) is 0 Å². The van der Waals surface area contributed by atoms with Crippen molar-refractivity contribution in [3.63, 3.8) is 0 Å². The van der Waals surface area contributed by atoms with Gasteiger partial charge in [-0.2, -0.15) is 5.26 Å². The summed E-state index contributed by atoms with van der Waals surface area (Å²) in [5.74, 6) is -0.121. The molecule has 0 atom stereocenters. The van der Waals surface area contributed by atoms with Crippen LogP contribution < -0.4 is 10.6 Å². The van der Waals surface area contributed by atoms with E-state index in [0.717, 1.165) is 18.0 Å². The number of carbonyl (C=O) groups excluding carboxylic acids is 1. The van der Waals surface area contributed by atoms with Crippen molar-refractivity contribution in [1.82, 2.24) is 9.97 Å². The molecule has 0 unspecified atom stereocenters. The van der Waals surface area contributed by atoms with Crippen LogP contribution in [-0.4, -0.2) is 20.8 Å². The first-order valence-electron chi connectivity index (χ1n) is 8.95. The lowest BCUT2D eigenvalue weighted by molar-refractivity contribution is -0.385. The molecular formula is C21H18N6O3. The van der Waals surface area contributed by atoms with E-state index in [1.807, 2.05) is 6.07 Å². The van der Waals surface area contributed by atoms with Crippen LogP contribution in [0.25, 0.3) is 0 Å². The zero-order valence-corrected chi connectivity index (χ0v) is 16.3. The normalized spacial score (nSPS) is 10.7. The highest BCUT2D eigenvalue weighted by molar-refractivity contribution is 6.04. The highest BCUT2D eigenvalue weighted by Crippen LogP contribution is 2.24. The number of benzene rings is 2. The first kappa shape index (κ1) is 20.4. The Labute approximate surface area is 172 Å². The fourth-order valence-corrected chi connectivity index (χ4v) is 2.60. The number of amides is 1. The second-order valence-corrected chi connectivity index (χ2v) is 7.00. The van der Waals surface area contributed by atoms with Gasteiger partial charge in [-0.15, -0.1) is 0 Å². The van der Waals surface area contributed by atoms with Crippen LogP contribution in [0.3, 0.4) is 0 Å². The van der Waals surface area contributed by atoms with Gasteiger partial charge in [-0.25, -0.2) is 9.97 Å². The topological polar surface area (TPSA) is 134 Å². The van der Waals surface area contributed by atoms with E-state index >= 15 is 0 Å². The van der Waals surface area contributed by atoms with Gasteiger partial charge < -0.3 is 10.6 Å². The molecule has 0 aliphatic heterocycles. The Kier molecular flexibility index (Phi) is 5.69. The smallest absolute Gasteiger partial charge is 0.305 e. The number of carbonyl (C=O) groups is 1. The number of hydrogen-bond acceptors (Lipinski definition) is 7. The summed E-state index contributed by atoms with van der Waals surface area (Å²) in [6, 6.07) is 16.1. The quantitative estimate of drug-likeness (QED) is 0.466. The fourth-order valence-electron chi connectivity index (χ4n) is 2.60. The molecule has 0 aliphatic rings. The van der Waals surface area contributed by atoms with Gasteiger partial charge in [0, 0.05) is 16.9 Å². The summed E-state index contributed by atoms with van der Waals surface area (Å²) in [6.07, 6.45) is 2.22. The van der Waals surface area contributed by atoms with Crippen LogP contribution in [0.2, 0.25) is 0 Å². The summed E-state index contributed by atoms with van der Waals surface area (Å²) in [6.45, 7) is 3.58. The number of nitrogens with one attached hydrogen (secondary N) is 2. The highest BCUT2D eigenvalue weighted by Gasteiger charge is 2.20. The van der Waals surface area contributed by atoms with Crippen LogP contribution in [0.4, 0.5) is 23.0 Å². The molecule has 9 nitrogen and oxygen atoms in total.